The molecule has 148 valence electrons. The number of nitrogens with zero attached hydrogens (tertiary/aromatic N) is 5. The number of aryl methyl sites for hydroxylation is 2. The summed E-state index contributed by atoms with van der Waals surface area (Å²) < 4.78 is 0. The van der Waals surface area contributed by atoms with Gasteiger partial charge in [-0.1, -0.05) is 6.07 Å². The van der Waals surface area contributed by atoms with Crippen LogP contribution in [0.5, 0.6) is 0 Å². The van der Waals surface area contributed by atoms with E-state index in [1.54, 1.807) is 22.7 Å². The van der Waals surface area contributed by atoms with E-state index in [1.165, 1.54) is 10.4 Å². The van der Waals surface area contributed by atoms with Crippen molar-refractivity contribution in [2.24, 2.45) is 0 Å². The van der Waals surface area contributed by atoms with Crippen LogP contribution in [0.2, 0.25) is 0 Å². The van der Waals surface area contributed by atoms with Crippen LogP contribution in [0.4, 0.5) is 5.82 Å². The third kappa shape index (κ3) is 3.64. The van der Waals surface area contributed by atoms with E-state index >= 15 is 0 Å². The van der Waals surface area contributed by atoms with Crippen LogP contribution in [0, 0.1) is 13.8 Å². The van der Waals surface area contributed by atoms with Crippen LogP contribution in [0.15, 0.2) is 17.5 Å². The summed E-state index contributed by atoms with van der Waals surface area (Å²) >= 11 is 3.33. The first-order valence-corrected chi connectivity index (χ1v) is 11.1. The van der Waals surface area contributed by atoms with E-state index in [0.29, 0.717) is 6.54 Å². The van der Waals surface area contributed by atoms with Gasteiger partial charge in [-0.05, 0) is 37.9 Å². The van der Waals surface area contributed by atoms with Crippen LogP contribution in [0.1, 0.15) is 10.4 Å². The molecular formula is C20H25N5OS2. The smallest absolute Gasteiger partial charge is 0.242 e. The molecule has 0 spiro atoms. The number of rotatable bonds is 4. The monoisotopic (exact) mass is 415 g/mol. The van der Waals surface area contributed by atoms with E-state index in [9.17, 15) is 4.79 Å². The predicted octanol–water partition coefficient (Wildman–Crippen LogP) is 3.25. The van der Waals surface area contributed by atoms with Crippen LogP contribution in [0.25, 0.3) is 20.9 Å². The average Bonchev–Trinajstić information content (AvgIpc) is 3.30. The predicted molar refractivity (Wildman–Crippen MR) is 118 cm³/mol. The first-order valence-electron chi connectivity index (χ1n) is 9.43. The molecule has 0 radical (unpaired) electrons. The molecule has 1 aliphatic heterocycles. The minimum atomic E-state index is 0.157. The van der Waals surface area contributed by atoms with Gasteiger partial charge >= 0.3 is 0 Å². The van der Waals surface area contributed by atoms with Crippen molar-refractivity contribution in [2.75, 3.05) is 51.7 Å². The highest BCUT2D eigenvalue weighted by Gasteiger charge is 2.23. The van der Waals surface area contributed by atoms with Crippen LogP contribution in [-0.2, 0) is 4.79 Å². The van der Waals surface area contributed by atoms with Gasteiger partial charge in [0.25, 0.3) is 0 Å². The molecule has 4 rings (SSSR count). The molecule has 0 aromatic carbocycles. The number of hydrogen-bond donors (Lipinski definition) is 0. The Morgan fingerprint density at radius 2 is 1.96 bits per heavy atom. The molecule has 1 amide bonds. The maximum absolute atomic E-state index is 12.9. The molecule has 6 nitrogen and oxygen atoms in total. The van der Waals surface area contributed by atoms with Crippen LogP contribution in [0.3, 0.4) is 0 Å². The number of fused-ring (bicyclic) bond motifs is 1. The second kappa shape index (κ2) is 7.77. The van der Waals surface area contributed by atoms with E-state index in [2.05, 4.69) is 25.8 Å². The largest absolute Gasteiger partial charge is 0.350 e. The molecule has 0 unspecified atom stereocenters. The van der Waals surface area contributed by atoms with Crippen molar-refractivity contribution in [3.8, 4) is 10.7 Å². The zero-order valence-electron chi connectivity index (χ0n) is 16.7. The zero-order valence-corrected chi connectivity index (χ0v) is 18.4. The minimum Gasteiger partial charge on any atom is -0.350 e. The summed E-state index contributed by atoms with van der Waals surface area (Å²) in [7, 11) is 4.06. The summed E-state index contributed by atoms with van der Waals surface area (Å²) in [5, 5.41) is 3.10. The molecule has 3 aromatic rings. The number of carbonyl (C=O) groups is 1. The van der Waals surface area contributed by atoms with Gasteiger partial charge in [0.1, 0.15) is 10.6 Å². The third-order valence-corrected chi connectivity index (χ3v) is 7.31. The van der Waals surface area contributed by atoms with Gasteiger partial charge in [0, 0.05) is 38.1 Å². The number of thiophene rings is 2. The van der Waals surface area contributed by atoms with Gasteiger partial charge in [0.05, 0.1) is 16.8 Å². The fourth-order valence-corrected chi connectivity index (χ4v) is 5.14. The van der Waals surface area contributed by atoms with E-state index < -0.39 is 0 Å². The Morgan fingerprint density at radius 1 is 1.21 bits per heavy atom. The van der Waals surface area contributed by atoms with Gasteiger partial charge in [-0.15, -0.1) is 22.7 Å². The molecule has 1 saturated heterocycles. The van der Waals surface area contributed by atoms with Gasteiger partial charge in [-0.25, -0.2) is 9.97 Å². The molecule has 0 bridgehead atoms. The molecule has 0 aliphatic carbocycles. The number of carbonyl (C=O) groups excluding carboxylic acids is 1. The van der Waals surface area contributed by atoms with E-state index in [1.807, 2.05) is 34.4 Å². The number of likely N-dealkylation sites (N-methyl/N-ethyl adjacent to an activating group) is 2. The van der Waals surface area contributed by atoms with Crippen LogP contribution >= 0.6 is 22.7 Å². The maximum Gasteiger partial charge on any atom is 0.242 e. The maximum atomic E-state index is 12.9. The lowest BCUT2D eigenvalue weighted by atomic mass is 10.2. The Labute approximate surface area is 173 Å². The van der Waals surface area contributed by atoms with Crippen molar-refractivity contribution in [2.45, 2.75) is 13.8 Å². The fraction of sp³-hybridized carbons (Fsp3) is 0.450. The van der Waals surface area contributed by atoms with Gasteiger partial charge in [-0.2, -0.15) is 0 Å². The Hall–Kier alpha value is -2.03. The highest BCUT2D eigenvalue weighted by Crippen LogP contribution is 2.36. The first-order chi connectivity index (χ1) is 13.4. The van der Waals surface area contributed by atoms with Crippen molar-refractivity contribution in [1.82, 2.24) is 19.8 Å². The van der Waals surface area contributed by atoms with Gasteiger partial charge in [0.2, 0.25) is 5.91 Å². The SMILES string of the molecule is Cc1sc2nc(-c3cccs3)nc(N(C)CC(=O)N3CCN(C)CC3)c2c1C. The average molecular weight is 416 g/mol. The van der Waals surface area contributed by atoms with Gasteiger partial charge in [-0.3, -0.25) is 4.79 Å². The molecule has 1 fully saturated rings. The Balaban J connectivity index is 1.67. The molecule has 3 aromatic heterocycles. The normalized spacial score (nSPS) is 15.4. The minimum absolute atomic E-state index is 0.157. The lowest BCUT2D eigenvalue weighted by molar-refractivity contribution is -0.131. The highest BCUT2D eigenvalue weighted by atomic mass is 32.1. The van der Waals surface area contributed by atoms with Crippen molar-refractivity contribution >= 4 is 44.6 Å². The lowest BCUT2D eigenvalue weighted by Crippen LogP contribution is -2.49. The second-order valence-electron chi connectivity index (χ2n) is 7.35. The number of aromatic nitrogens is 2. The molecule has 1 aliphatic rings. The standard InChI is InChI=1S/C20H25N5OS2/c1-13-14(2)28-20-17(13)19(21-18(22-20)15-6-5-11-27-15)24(4)12-16(26)25-9-7-23(3)8-10-25/h5-6,11H,7-10,12H2,1-4H3. The van der Waals surface area contributed by atoms with Crippen LogP contribution in [-0.4, -0.2) is 72.5 Å². The zero-order chi connectivity index (χ0) is 19.8. The summed E-state index contributed by atoms with van der Waals surface area (Å²) in [4.78, 5) is 32.0. The molecule has 8 heteroatoms. The topological polar surface area (TPSA) is 52.6 Å². The Bertz CT molecular complexity index is 990. The highest BCUT2D eigenvalue weighted by molar-refractivity contribution is 7.19. The first kappa shape index (κ1) is 19.3. The number of amides is 1. The Kier molecular flexibility index (Phi) is 5.35. The third-order valence-electron chi connectivity index (χ3n) is 5.34. The molecule has 0 N–H and O–H groups in total. The summed E-state index contributed by atoms with van der Waals surface area (Å²) in [6, 6.07) is 4.05. The summed E-state index contributed by atoms with van der Waals surface area (Å²) in [6.07, 6.45) is 0. The molecule has 0 atom stereocenters. The van der Waals surface area contributed by atoms with Crippen LogP contribution < -0.4 is 4.90 Å². The quantitative estimate of drug-likeness (QED) is 0.655. The number of hydrogen-bond acceptors (Lipinski definition) is 7. The Morgan fingerprint density at radius 3 is 2.64 bits per heavy atom. The number of anilines is 1. The molecular weight excluding hydrogens is 390 g/mol. The van der Waals surface area contributed by atoms with E-state index in [4.69, 9.17) is 9.97 Å². The summed E-state index contributed by atoms with van der Waals surface area (Å²) in [5.74, 6) is 1.74. The second-order valence-corrected chi connectivity index (χ2v) is 9.50. The van der Waals surface area contributed by atoms with E-state index in [0.717, 1.165) is 52.9 Å². The summed E-state index contributed by atoms with van der Waals surface area (Å²) in [5.41, 5.74) is 1.20. The fourth-order valence-electron chi connectivity index (χ4n) is 3.45. The molecule has 4 heterocycles. The van der Waals surface area contributed by atoms with Crippen molar-refractivity contribution < 1.29 is 4.79 Å². The van der Waals surface area contributed by atoms with Crippen molar-refractivity contribution in [3.63, 3.8) is 0 Å². The van der Waals surface area contributed by atoms with Crippen molar-refractivity contribution in [3.05, 3.63) is 28.0 Å². The van der Waals surface area contributed by atoms with Gasteiger partial charge in [0.15, 0.2) is 5.82 Å². The molecule has 28 heavy (non-hydrogen) atoms. The molecule has 0 saturated carbocycles. The number of piperazine rings is 1. The van der Waals surface area contributed by atoms with Crippen molar-refractivity contribution in [1.29, 1.82) is 0 Å². The van der Waals surface area contributed by atoms with Gasteiger partial charge < -0.3 is 14.7 Å². The van der Waals surface area contributed by atoms with E-state index in [-0.39, 0.29) is 5.91 Å². The lowest BCUT2D eigenvalue weighted by Gasteiger charge is -2.33. The summed E-state index contributed by atoms with van der Waals surface area (Å²) in [6.45, 7) is 8.00.